The van der Waals surface area contributed by atoms with Crippen LogP contribution in [-0.2, 0) is 10.0 Å². The second kappa shape index (κ2) is 7.30. The molecule has 2 aromatic heterocycles. The third-order valence-corrected chi connectivity index (χ3v) is 5.69. The molecule has 27 heavy (non-hydrogen) atoms. The van der Waals surface area contributed by atoms with Crippen LogP contribution in [0.1, 0.15) is 10.5 Å². The maximum atomic E-state index is 12.2. The molecule has 14 heteroatoms. The SMILES string of the molecule is O=C(Nc1ccc(S(=O)(=O)Nc2nccs2)cc1)c1n[nH]c([N+](=O)[O-])c1Cl. The Morgan fingerprint density at radius 1 is 1.30 bits per heavy atom. The lowest BCUT2D eigenvalue weighted by molar-refractivity contribution is -0.389. The first-order chi connectivity index (χ1) is 12.8. The van der Waals surface area contributed by atoms with E-state index in [4.69, 9.17) is 11.6 Å². The highest BCUT2D eigenvalue weighted by Gasteiger charge is 2.25. The zero-order valence-electron chi connectivity index (χ0n) is 13.0. The van der Waals surface area contributed by atoms with Gasteiger partial charge in [0.2, 0.25) is 0 Å². The number of nitrogens with zero attached hydrogens (tertiary/aromatic N) is 3. The van der Waals surface area contributed by atoms with Crippen molar-refractivity contribution in [2.75, 3.05) is 10.0 Å². The molecule has 0 atom stereocenters. The van der Waals surface area contributed by atoms with E-state index in [1.54, 1.807) is 5.38 Å². The predicted molar refractivity (Wildman–Crippen MR) is 97.6 cm³/mol. The fourth-order valence-corrected chi connectivity index (χ4v) is 3.97. The van der Waals surface area contributed by atoms with Crippen molar-refractivity contribution in [2.45, 2.75) is 4.90 Å². The molecule has 0 aliphatic carbocycles. The molecular weight excluding hydrogens is 420 g/mol. The van der Waals surface area contributed by atoms with Crippen molar-refractivity contribution in [2.24, 2.45) is 0 Å². The van der Waals surface area contributed by atoms with Gasteiger partial charge in [0.15, 0.2) is 15.8 Å². The number of sulfonamides is 1. The lowest BCUT2D eigenvalue weighted by Crippen LogP contribution is -2.14. The van der Waals surface area contributed by atoms with Gasteiger partial charge in [-0.05, 0) is 29.2 Å². The van der Waals surface area contributed by atoms with E-state index in [9.17, 15) is 23.3 Å². The molecule has 1 aromatic carbocycles. The number of aromatic amines is 1. The van der Waals surface area contributed by atoms with Crippen LogP contribution >= 0.6 is 22.9 Å². The van der Waals surface area contributed by atoms with Crippen molar-refractivity contribution in [3.63, 3.8) is 0 Å². The number of benzene rings is 1. The highest BCUT2D eigenvalue weighted by molar-refractivity contribution is 7.93. The number of nitrogens with one attached hydrogen (secondary N) is 3. The molecule has 0 aliphatic heterocycles. The molecule has 0 spiro atoms. The first kappa shape index (κ1) is 18.8. The summed E-state index contributed by atoms with van der Waals surface area (Å²) in [4.78, 5) is 25.8. The molecular formula is C13H9ClN6O5S2. The first-order valence-corrected chi connectivity index (χ1v) is 9.74. The number of carbonyl (C=O) groups excluding carboxylic acids is 1. The van der Waals surface area contributed by atoms with E-state index in [1.165, 1.54) is 30.5 Å². The molecule has 0 saturated heterocycles. The molecule has 0 radical (unpaired) electrons. The number of carbonyl (C=O) groups is 1. The van der Waals surface area contributed by atoms with Gasteiger partial charge in [0.05, 0.1) is 4.90 Å². The summed E-state index contributed by atoms with van der Waals surface area (Å²) in [6.07, 6.45) is 1.46. The number of anilines is 2. The summed E-state index contributed by atoms with van der Waals surface area (Å²) in [5.74, 6) is -1.39. The van der Waals surface area contributed by atoms with Crippen molar-refractivity contribution in [3.05, 3.63) is 56.7 Å². The summed E-state index contributed by atoms with van der Waals surface area (Å²) in [7, 11) is -3.82. The number of rotatable bonds is 6. The lowest BCUT2D eigenvalue weighted by atomic mass is 10.3. The van der Waals surface area contributed by atoms with E-state index in [2.05, 4.69) is 25.2 Å². The van der Waals surface area contributed by atoms with Crippen molar-refractivity contribution >= 4 is 55.5 Å². The zero-order valence-corrected chi connectivity index (χ0v) is 15.4. The van der Waals surface area contributed by atoms with E-state index < -0.39 is 31.7 Å². The average Bonchev–Trinajstić information content (AvgIpc) is 3.24. The molecule has 0 saturated carbocycles. The number of amides is 1. The smallest absolute Gasteiger partial charge is 0.358 e. The van der Waals surface area contributed by atoms with Crippen molar-refractivity contribution in [3.8, 4) is 0 Å². The fraction of sp³-hybridized carbons (Fsp3) is 0. The molecule has 0 bridgehead atoms. The largest absolute Gasteiger partial charge is 0.362 e. The summed E-state index contributed by atoms with van der Waals surface area (Å²) >= 11 is 6.87. The summed E-state index contributed by atoms with van der Waals surface area (Å²) in [5.41, 5.74) is -0.111. The molecule has 2 heterocycles. The van der Waals surface area contributed by atoms with Crippen LogP contribution in [0.2, 0.25) is 5.02 Å². The molecule has 1 amide bonds. The van der Waals surface area contributed by atoms with E-state index >= 15 is 0 Å². The molecule has 3 rings (SSSR count). The van der Waals surface area contributed by atoms with Gasteiger partial charge in [-0.3, -0.25) is 9.52 Å². The van der Waals surface area contributed by atoms with Crippen LogP contribution in [0.5, 0.6) is 0 Å². The topological polar surface area (TPSA) is 160 Å². The van der Waals surface area contributed by atoms with Crippen LogP contribution in [0.25, 0.3) is 0 Å². The zero-order chi connectivity index (χ0) is 19.6. The van der Waals surface area contributed by atoms with Crippen molar-refractivity contribution < 1.29 is 18.1 Å². The van der Waals surface area contributed by atoms with Crippen molar-refractivity contribution in [1.82, 2.24) is 15.2 Å². The maximum absolute atomic E-state index is 12.2. The summed E-state index contributed by atoms with van der Waals surface area (Å²) < 4.78 is 26.8. The summed E-state index contributed by atoms with van der Waals surface area (Å²) in [6, 6.07) is 5.26. The Morgan fingerprint density at radius 2 is 2.00 bits per heavy atom. The molecule has 3 aromatic rings. The number of nitro groups is 1. The van der Waals surface area contributed by atoms with Crippen molar-refractivity contribution in [1.29, 1.82) is 0 Å². The number of aromatic nitrogens is 3. The normalized spacial score (nSPS) is 11.1. The maximum Gasteiger partial charge on any atom is 0.362 e. The number of H-pyrrole nitrogens is 1. The molecule has 140 valence electrons. The van der Waals surface area contributed by atoms with Crippen LogP contribution < -0.4 is 10.0 Å². The molecule has 11 nitrogen and oxygen atoms in total. The van der Waals surface area contributed by atoms with Gasteiger partial charge in [-0.25, -0.2) is 13.4 Å². The molecule has 0 aliphatic rings. The Bertz CT molecular complexity index is 1090. The second-order valence-electron chi connectivity index (χ2n) is 4.91. The van der Waals surface area contributed by atoms with Gasteiger partial charge in [-0.1, -0.05) is 16.7 Å². The quantitative estimate of drug-likeness (QED) is 0.401. The third-order valence-electron chi connectivity index (χ3n) is 3.16. The Morgan fingerprint density at radius 3 is 2.56 bits per heavy atom. The van der Waals surface area contributed by atoms with Gasteiger partial charge < -0.3 is 15.4 Å². The lowest BCUT2D eigenvalue weighted by Gasteiger charge is -2.07. The number of hydrogen-bond acceptors (Lipinski definition) is 8. The minimum Gasteiger partial charge on any atom is -0.358 e. The first-order valence-electron chi connectivity index (χ1n) is 7.00. The molecule has 0 fully saturated rings. The second-order valence-corrected chi connectivity index (χ2v) is 7.87. The monoisotopic (exact) mass is 428 g/mol. The van der Waals surface area contributed by atoms with Crippen LogP contribution in [-0.4, -0.2) is 34.4 Å². The van der Waals surface area contributed by atoms with Crippen LogP contribution in [0.4, 0.5) is 16.6 Å². The van der Waals surface area contributed by atoms with E-state index in [0.29, 0.717) is 0 Å². The standard InChI is InChI=1S/C13H9ClN6O5S2/c14-9-10(17-18-11(9)20(22)23)12(21)16-7-1-3-8(4-2-7)27(24,25)19-13-15-5-6-26-13/h1-6H,(H,15,19)(H,16,21)(H,17,18). The molecule has 0 unspecified atom stereocenters. The van der Waals surface area contributed by atoms with Gasteiger partial charge in [0.1, 0.15) is 0 Å². The van der Waals surface area contributed by atoms with E-state index in [0.717, 1.165) is 11.3 Å². The predicted octanol–water partition coefficient (Wildman–Crippen LogP) is 2.48. The van der Waals surface area contributed by atoms with Crippen LogP contribution in [0, 0.1) is 10.1 Å². The van der Waals surface area contributed by atoms with Gasteiger partial charge in [-0.2, -0.15) is 0 Å². The minimum atomic E-state index is -3.82. The highest BCUT2D eigenvalue weighted by atomic mass is 35.5. The Balaban J connectivity index is 1.74. The summed E-state index contributed by atoms with van der Waals surface area (Å²) in [6.45, 7) is 0. The number of halogens is 1. The van der Waals surface area contributed by atoms with Gasteiger partial charge in [0, 0.05) is 17.3 Å². The fourth-order valence-electron chi connectivity index (χ4n) is 1.95. The number of thiazole rings is 1. The molecule has 3 N–H and O–H groups in total. The van der Waals surface area contributed by atoms with E-state index in [1.807, 2.05) is 0 Å². The third kappa shape index (κ3) is 4.05. The van der Waals surface area contributed by atoms with Gasteiger partial charge >= 0.3 is 5.82 Å². The Kier molecular flexibility index (Phi) is 5.07. The average molecular weight is 429 g/mol. The van der Waals surface area contributed by atoms with Crippen LogP contribution in [0.15, 0.2) is 40.7 Å². The minimum absolute atomic E-state index is 0.0378. The number of hydrogen-bond donors (Lipinski definition) is 3. The Labute approximate surface area is 160 Å². The van der Waals surface area contributed by atoms with Crippen LogP contribution in [0.3, 0.4) is 0 Å². The van der Waals surface area contributed by atoms with Gasteiger partial charge in [0.25, 0.3) is 15.9 Å². The highest BCUT2D eigenvalue weighted by Crippen LogP contribution is 2.26. The van der Waals surface area contributed by atoms with E-state index in [-0.39, 0.29) is 21.4 Å². The summed E-state index contributed by atoms with van der Waals surface area (Å²) in [5, 5.41) is 20.1. The van der Waals surface area contributed by atoms with Gasteiger partial charge in [-0.15, -0.1) is 16.4 Å². The Hall–Kier alpha value is -3.03.